The molecular formula is C18H34N2O6. The number of nitrogens with zero attached hydrogens (tertiary/aromatic N) is 1. The molecule has 8 nitrogen and oxygen atoms in total. The van der Waals surface area contributed by atoms with Gasteiger partial charge >= 0.3 is 0 Å². The molecule has 0 saturated heterocycles. The molecule has 0 saturated carbocycles. The molecule has 0 unspecified atom stereocenters. The number of unbranched alkanes of at least 4 members (excludes halogenated alkanes) is 5. The summed E-state index contributed by atoms with van der Waals surface area (Å²) in [7, 11) is 0. The first kappa shape index (κ1) is 24.7. The van der Waals surface area contributed by atoms with Crippen LogP contribution in [-0.2, 0) is 19.1 Å². The number of aliphatic hydroxyl groups excluding tert-OH is 2. The maximum absolute atomic E-state index is 11.5. The van der Waals surface area contributed by atoms with Gasteiger partial charge in [0.05, 0.1) is 39.6 Å². The molecule has 0 aliphatic rings. The van der Waals surface area contributed by atoms with E-state index >= 15 is 0 Å². The van der Waals surface area contributed by atoms with Crippen LogP contribution in [0.1, 0.15) is 51.4 Å². The van der Waals surface area contributed by atoms with Gasteiger partial charge in [-0.15, -0.1) is 0 Å². The monoisotopic (exact) mass is 374 g/mol. The second-order valence-corrected chi connectivity index (χ2v) is 5.81. The van der Waals surface area contributed by atoms with E-state index in [0.717, 1.165) is 38.5 Å². The van der Waals surface area contributed by atoms with Crippen molar-refractivity contribution in [3.8, 4) is 0 Å². The Hall–Kier alpha value is -1.35. The molecule has 0 spiro atoms. The molecule has 0 bridgehead atoms. The van der Waals surface area contributed by atoms with Crippen LogP contribution >= 0.6 is 0 Å². The molecule has 0 atom stereocenters. The molecule has 0 aromatic heterocycles. The molecule has 2 amide bonds. The third kappa shape index (κ3) is 19.0. The molecular weight excluding hydrogens is 340 g/mol. The van der Waals surface area contributed by atoms with Gasteiger partial charge in [0.15, 0.2) is 0 Å². The van der Waals surface area contributed by atoms with Crippen LogP contribution in [0.15, 0.2) is 4.99 Å². The van der Waals surface area contributed by atoms with Crippen molar-refractivity contribution in [2.75, 3.05) is 46.2 Å². The first-order chi connectivity index (χ1) is 12.7. The summed E-state index contributed by atoms with van der Waals surface area (Å²) < 4.78 is 10.0. The summed E-state index contributed by atoms with van der Waals surface area (Å²) in [4.78, 5) is 26.8. The van der Waals surface area contributed by atoms with Gasteiger partial charge < -0.3 is 25.0 Å². The van der Waals surface area contributed by atoms with Crippen molar-refractivity contribution >= 4 is 18.0 Å². The second kappa shape index (κ2) is 20.0. The molecule has 152 valence electrons. The molecule has 0 fully saturated rings. The van der Waals surface area contributed by atoms with Crippen LogP contribution in [0.4, 0.5) is 0 Å². The van der Waals surface area contributed by atoms with Crippen LogP contribution < -0.4 is 5.32 Å². The van der Waals surface area contributed by atoms with Gasteiger partial charge in [0.2, 0.25) is 11.8 Å². The van der Waals surface area contributed by atoms with Crippen molar-refractivity contribution < 1.29 is 29.3 Å². The average molecular weight is 374 g/mol. The Morgan fingerprint density at radius 1 is 0.846 bits per heavy atom. The maximum atomic E-state index is 11.5. The minimum atomic E-state index is -0.141. The average Bonchev–Trinajstić information content (AvgIpc) is 2.63. The van der Waals surface area contributed by atoms with E-state index in [1.54, 1.807) is 0 Å². The molecule has 0 aliphatic carbocycles. The van der Waals surface area contributed by atoms with Crippen LogP contribution in [-0.4, -0.2) is 74.4 Å². The van der Waals surface area contributed by atoms with Crippen molar-refractivity contribution in [3.05, 3.63) is 0 Å². The summed E-state index contributed by atoms with van der Waals surface area (Å²) in [6.07, 6.45) is 8.17. The van der Waals surface area contributed by atoms with Gasteiger partial charge in [-0.3, -0.25) is 9.59 Å². The summed E-state index contributed by atoms with van der Waals surface area (Å²) in [5.74, 6) is -0.110. The molecule has 0 aromatic rings. The fourth-order valence-corrected chi connectivity index (χ4v) is 2.19. The van der Waals surface area contributed by atoms with Crippen LogP contribution in [0.3, 0.4) is 0 Å². The fraction of sp³-hybridized carbons (Fsp3) is 0.833. The Morgan fingerprint density at radius 3 is 2.15 bits per heavy atom. The highest BCUT2D eigenvalue weighted by atomic mass is 16.5. The number of aliphatic hydroxyl groups is 2. The number of nitrogens with one attached hydrogen (secondary N) is 1. The van der Waals surface area contributed by atoms with Crippen molar-refractivity contribution in [1.29, 1.82) is 0 Å². The Morgan fingerprint density at radius 2 is 1.46 bits per heavy atom. The van der Waals surface area contributed by atoms with Gasteiger partial charge in [0.1, 0.15) is 0 Å². The van der Waals surface area contributed by atoms with E-state index < -0.39 is 0 Å². The Bertz CT molecular complexity index is 377. The third-order valence-corrected chi connectivity index (χ3v) is 3.51. The Balaban J connectivity index is 3.32. The van der Waals surface area contributed by atoms with Gasteiger partial charge in [-0.2, -0.15) is 0 Å². The molecule has 3 N–H and O–H groups in total. The number of hydrogen-bond donors (Lipinski definition) is 3. The smallest absolute Gasteiger partial charge is 0.245 e. The summed E-state index contributed by atoms with van der Waals surface area (Å²) in [6.45, 7) is 1.65. The van der Waals surface area contributed by atoms with Crippen LogP contribution in [0, 0.1) is 0 Å². The molecule has 0 aliphatic heterocycles. The Kier molecular flexibility index (Phi) is 18.9. The van der Waals surface area contributed by atoms with E-state index in [4.69, 9.17) is 19.7 Å². The molecule has 8 heteroatoms. The standard InChI is InChI=1S/C18H34N2O6/c21-11-15-25-13-9-19-17(23)7-5-3-1-2-4-6-8-18(24)20-10-14-26-16-12-22/h9,21-22H,1-8,10-16H2,(H,20,24). The predicted molar refractivity (Wildman–Crippen MR) is 99.3 cm³/mol. The Labute approximate surface area is 156 Å². The van der Waals surface area contributed by atoms with Gasteiger partial charge in [0.25, 0.3) is 0 Å². The third-order valence-electron chi connectivity index (χ3n) is 3.51. The number of aliphatic imine (C=N–C) groups is 1. The maximum Gasteiger partial charge on any atom is 0.245 e. The summed E-state index contributed by atoms with van der Waals surface area (Å²) >= 11 is 0. The van der Waals surface area contributed by atoms with E-state index in [1.807, 2.05) is 0 Å². The lowest BCUT2D eigenvalue weighted by molar-refractivity contribution is -0.121. The van der Waals surface area contributed by atoms with E-state index in [1.165, 1.54) is 6.21 Å². The van der Waals surface area contributed by atoms with Crippen molar-refractivity contribution in [1.82, 2.24) is 5.32 Å². The van der Waals surface area contributed by atoms with Crippen LogP contribution in [0.25, 0.3) is 0 Å². The van der Waals surface area contributed by atoms with Gasteiger partial charge in [-0.05, 0) is 12.8 Å². The van der Waals surface area contributed by atoms with Gasteiger partial charge in [0, 0.05) is 25.6 Å². The topological polar surface area (TPSA) is 117 Å². The number of carbonyl (C=O) groups excluding carboxylic acids is 2. The first-order valence-corrected chi connectivity index (χ1v) is 9.40. The van der Waals surface area contributed by atoms with E-state index in [-0.39, 0.29) is 38.2 Å². The summed E-state index contributed by atoms with van der Waals surface area (Å²) in [6, 6.07) is 0. The lowest BCUT2D eigenvalue weighted by Gasteiger charge is -2.05. The highest BCUT2D eigenvalue weighted by molar-refractivity contribution is 5.85. The van der Waals surface area contributed by atoms with Gasteiger partial charge in [-0.25, -0.2) is 4.99 Å². The van der Waals surface area contributed by atoms with Crippen LogP contribution in [0.2, 0.25) is 0 Å². The SMILES string of the molecule is O=C(CCCCCCCCC(=O)NCCOCCO)N=CCOCCO. The van der Waals surface area contributed by atoms with Crippen molar-refractivity contribution in [2.45, 2.75) is 51.4 Å². The highest BCUT2D eigenvalue weighted by Gasteiger charge is 2.01. The van der Waals surface area contributed by atoms with Crippen molar-refractivity contribution in [2.24, 2.45) is 4.99 Å². The first-order valence-electron chi connectivity index (χ1n) is 9.40. The largest absolute Gasteiger partial charge is 0.394 e. The van der Waals surface area contributed by atoms with E-state index in [9.17, 15) is 9.59 Å². The highest BCUT2D eigenvalue weighted by Crippen LogP contribution is 2.09. The zero-order valence-electron chi connectivity index (χ0n) is 15.7. The molecule has 26 heavy (non-hydrogen) atoms. The normalized spacial score (nSPS) is 11.2. The lowest BCUT2D eigenvalue weighted by Crippen LogP contribution is -2.27. The summed E-state index contributed by atoms with van der Waals surface area (Å²) in [5.41, 5.74) is 0. The number of carbonyl (C=O) groups is 2. The number of hydrogen-bond acceptors (Lipinski definition) is 6. The molecule has 0 heterocycles. The quantitative estimate of drug-likeness (QED) is 0.242. The lowest BCUT2D eigenvalue weighted by atomic mass is 10.1. The predicted octanol–water partition coefficient (Wildman–Crippen LogP) is 0.839. The minimum absolute atomic E-state index is 0.00426. The van der Waals surface area contributed by atoms with E-state index in [0.29, 0.717) is 32.6 Å². The minimum Gasteiger partial charge on any atom is -0.394 e. The van der Waals surface area contributed by atoms with Gasteiger partial charge in [-0.1, -0.05) is 25.7 Å². The van der Waals surface area contributed by atoms with Crippen molar-refractivity contribution in [3.63, 3.8) is 0 Å². The zero-order valence-corrected chi connectivity index (χ0v) is 15.7. The fourth-order valence-electron chi connectivity index (χ4n) is 2.19. The molecule has 0 radical (unpaired) electrons. The number of amides is 2. The zero-order chi connectivity index (χ0) is 19.3. The molecule has 0 rings (SSSR count). The molecule has 0 aromatic carbocycles. The van der Waals surface area contributed by atoms with E-state index in [2.05, 4.69) is 10.3 Å². The summed E-state index contributed by atoms with van der Waals surface area (Å²) in [5, 5.41) is 19.8. The number of ether oxygens (including phenoxy) is 2. The number of rotatable bonds is 18. The second-order valence-electron chi connectivity index (χ2n) is 5.81. The van der Waals surface area contributed by atoms with Crippen LogP contribution in [0.5, 0.6) is 0 Å².